The molecule has 1 amide bonds. The molecule has 1 saturated carbocycles. The van der Waals surface area contributed by atoms with Gasteiger partial charge in [0.15, 0.2) is 0 Å². The minimum atomic E-state index is -0.244. The molecule has 1 aromatic carbocycles. The van der Waals surface area contributed by atoms with E-state index in [2.05, 4.69) is 49.0 Å². The fourth-order valence-electron chi connectivity index (χ4n) is 3.89. The van der Waals surface area contributed by atoms with E-state index in [4.69, 9.17) is 0 Å². The molecular formula is C20H20N6O. The highest BCUT2D eigenvalue weighted by atomic mass is 16.2. The van der Waals surface area contributed by atoms with E-state index >= 15 is 0 Å². The van der Waals surface area contributed by atoms with Gasteiger partial charge in [0.1, 0.15) is 17.5 Å². The molecule has 0 bridgehead atoms. The molecule has 2 aliphatic rings. The Morgan fingerprint density at radius 1 is 1.07 bits per heavy atom. The van der Waals surface area contributed by atoms with Crippen LogP contribution in [-0.4, -0.2) is 32.1 Å². The molecule has 27 heavy (non-hydrogen) atoms. The molecule has 3 aromatic rings. The normalized spacial score (nSPS) is 23.1. The second-order valence-electron chi connectivity index (χ2n) is 7.18. The number of rotatable bonds is 5. The summed E-state index contributed by atoms with van der Waals surface area (Å²) >= 11 is 0. The lowest BCUT2D eigenvalue weighted by molar-refractivity contribution is -0.118. The van der Waals surface area contributed by atoms with Crippen molar-refractivity contribution in [3.63, 3.8) is 0 Å². The van der Waals surface area contributed by atoms with Gasteiger partial charge in [0, 0.05) is 12.6 Å². The van der Waals surface area contributed by atoms with Crippen LogP contribution in [0.25, 0.3) is 0 Å². The molecule has 0 radical (unpaired) electrons. The monoisotopic (exact) mass is 360 g/mol. The topological polar surface area (TPSA) is 95.6 Å². The molecule has 3 N–H and O–H groups in total. The van der Waals surface area contributed by atoms with Gasteiger partial charge >= 0.3 is 0 Å². The zero-order chi connectivity index (χ0) is 18.2. The highest BCUT2D eigenvalue weighted by Crippen LogP contribution is 2.52. The van der Waals surface area contributed by atoms with Gasteiger partial charge in [0.25, 0.3) is 0 Å². The number of nitrogens with zero attached hydrogens (tertiary/aromatic N) is 3. The van der Waals surface area contributed by atoms with Gasteiger partial charge in [0.2, 0.25) is 5.91 Å². The summed E-state index contributed by atoms with van der Waals surface area (Å²) in [5, 5.41) is 14.7. The molecule has 5 rings (SSSR count). The van der Waals surface area contributed by atoms with Gasteiger partial charge in [-0.15, -0.1) is 10.2 Å². The lowest BCUT2D eigenvalue weighted by atomic mass is 10.1. The minimum absolute atomic E-state index is 0.0241. The van der Waals surface area contributed by atoms with Crippen molar-refractivity contribution in [2.24, 2.45) is 5.92 Å². The van der Waals surface area contributed by atoms with Crippen molar-refractivity contribution >= 4 is 11.7 Å². The first kappa shape index (κ1) is 16.1. The zero-order valence-corrected chi connectivity index (χ0v) is 14.7. The van der Waals surface area contributed by atoms with E-state index in [9.17, 15) is 4.79 Å². The summed E-state index contributed by atoms with van der Waals surface area (Å²) in [6.45, 7) is 0.479. The number of aromatic amines is 1. The number of hydrogen-bond acceptors (Lipinski definition) is 5. The standard InChI is InChI=1S/C20H20N6O/c27-20-18(15-10-14(15)13-7-4-8-21-19(13)24-20)22-11-17-23-16(25-26-17)9-12-5-2-1-3-6-12/h1-8,14-15,18,22H,9-11H2,(H,21,24,27)(H,23,25,26)/t14-,15-,18-/m0/s1. The first-order valence-electron chi connectivity index (χ1n) is 9.21. The average Bonchev–Trinajstić information content (AvgIpc) is 3.36. The molecule has 0 spiro atoms. The van der Waals surface area contributed by atoms with Gasteiger partial charge in [-0.3, -0.25) is 10.1 Å². The smallest absolute Gasteiger partial charge is 0.242 e. The van der Waals surface area contributed by atoms with Crippen LogP contribution in [0, 0.1) is 5.92 Å². The summed E-state index contributed by atoms with van der Waals surface area (Å²) in [5.74, 6) is 2.94. The quantitative estimate of drug-likeness (QED) is 0.647. The van der Waals surface area contributed by atoms with Crippen LogP contribution < -0.4 is 10.6 Å². The third-order valence-electron chi connectivity index (χ3n) is 5.31. The number of hydrogen-bond donors (Lipinski definition) is 3. The van der Waals surface area contributed by atoms with E-state index in [0.29, 0.717) is 30.6 Å². The average molecular weight is 360 g/mol. The summed E-state index contributed by atoms with van der Waals surface area (Å²) < 4.78 is 0. The predicted molar refractivity (Wildman–Crippen MR) is 100.0 cm³/mol. The first-order chi connectivity index (χ1) is 13.3. The summed E-state index contributed by atoms with van der Waals surface area (Å²) in [4.78, 5) is 20.2. The van der Waals surface area contributed by atoms with E-state index < -0.39 is 0 Å². The molecule has 7 heteroatoms. The van der Waals surface area contributed by atoms with Crippen molar-refractivity contribution in [2.45, 2.75) is 31.3 Å². The van der Waals surface area contributed by atoms with Crippen molar-refractivity contribution in [1.82, 2.24) is 25.5 Å². The maximum absolute atomic E-state index is 12.6. The first-order valence-corrected chi connectivity index (χ1v) is 9.21. The number of carbonyl (C=O) groups is 1. The van der Waals surface area contributed by atoms with Gasteiger partial charge in [-0.2, -0.15) is 0 Å². The Morgan fingerprint density at radius 2 is 1.93 bits per heavy atom. The second-order valence-corrected chi connectivity index (χ2v) is 7.18. The molecule has 1 fully saturated rings. The van der Waals surface area contributed by atoms with Crippen LogP contribution in [0.2, 0.25) is 0 Å². The maximum atomic E-state index is 12.6. The third kappa shape index (κ3) is 3.21. The maximum Gasteiger partial charge on any atom is 0.242 e. The molecule has 0 unspecified atom stereocenters. The van der Waals surface area contributed by atoms with E-state index in [0.717, 1.165) is 23.6 Å². The van der Waals surface area contributed by atoms with Crippen LogP contribution in [0.1, 0.15) is 35.1 Å². The Balaban J connectivity index is 1.24. The van der Waals surface area contributed by atoms with Gasteiger partial charge in [0.05, 0.1) is 12.6 Å². The van der Waals surface area contributed by atoms with Crippen molar-refractivity contribution in [2.75, 3.05) is 5.32 Å². The molecule has 3 heterocycles. The number of anilines is 1. The minimum Gasteiger partial charge on any atom is -0.328 e. The van der Waals surface area contributed by atoms with Crippen molar-refractivity contribution < 1.29 is 4.79 Å². The van der Waals surface area contributed by atoms with Crippen LogP contribution >= 0.6 is 0 Å². The van der Waals surface area contributed by atoms with Gasteiger partial charge < -0.3 is 10.3 Å². The number of amides is 1. The lowest BCUT2D eigenvalue weighted by Gasteiger charge is -2.15. The second kappa shape index (κ2) is 6.59. The molecule has 0 saturated heterocycles. The third-order valence-corrected chi connectivity index (χ3v) is 5.31. The molecule has 136 valence electrons. The molecule has 7 nitrogen and oxygen atoms in total. The number of aromatic nitrogens is 4. The fraction of sp³-hybridized carbons (Fsp3) is 0.300. The summed E-state index contributed by atoms with van der Waals surface area (Å²) in [6.07, 6.45) is 3.44. The Kier molecular flexibility index (Phi) is 3.94. The van der Waals surface area contributed by atoms with E-state index in [1.165, 1.54) is 5.56 Å². The van der Waals surface area contributed by atoms with Gasteiger partial charge in [-0.1, -0.05) is 36.4 Å². The van der Waals surface area contributed by atoms with E-state index in [1.54, 1.807) is 6.20 Å². The van der Waals surface area contributed by atoms with Crippen molar-refractivity contribution in [3.05, 3.63) is 71.4 Å². The Morgan fingerprint density at radius 3 is 2.81 bits per heavy atom. The van der Waals surface area contributed by atoms with E-state index in [1.807, 2.05) is 24.3 Å². The van der Waals surface area contributed by atoms with Crippen LogP contribution in [0.5, 0.6) is 0 Å². The van der Waals surface area contributed by atoms with Crippen molar-refractivity contribution in [3.8, 4) is 0 Å². The fourth-order valence-corrected chi connectivity index (χ4v) is 3.89. The Hall–Kier alpha value is -3.06. The summed E-state index contributed by atoms with van der Waals surface area (Å²) in [6, 6.07) is 13.9. The predicted octanol–water partition coefficient (Wildman–Crippen LogP) is 2.00. The molecule has 1 aliphatic heterocycles. The Labute approximate surface area is 156 Å². The van der Waals surface area contributed by atoms with Crippen LogP contribution in [0.15, 0.2) is 48.7 Å². The van der Waals surface area contributed by atoms with E-state index in [-0.39, 0.29) is 11.9 Å². The number of H-pyrrole nitrogens is 1. The van der Waals surface area contributed by atoms with Crippen molar-refractivity contribution in [1.29, 1.82) is 0 Å². The lowest BCUT2D eigenvalue weighted by Crippen LogP contribution is -2.41. The number of benzene rings is 1. The highest BCUT2D eigenvalue weighted by molar-refractivity contribution is 5.96. The molecule has 3 atom stereocenters. The number of pyridine rings is 1. The van der Waals surface area contributed by atoms with Gasteiger partial charge in [-0.05, 0) is 35.4 Å². The summed E-state index contributed by atoms with van der Waals surface area (Å²) in [7, 11) is 0. The van der Waals surface area contributed by atoms with Crippen LogP contribution in [0.3, 0.4) is 0 Å². The highest BCUT2D eigenvalue weighted by Gasteiger charge is 2.50. The SMILES string of the molecule is O=C1Nc2ncccc2[C@@H]2C[C@@H]2[C@@H]1NCc1nnc(Cc2ccccc2)[nH]1. The number of fused-ring (bicyclic) bond motifs is 3. The largest absolute Gasteiger partial charge is 0.328 e. The zero-order valence-electron chi connectivity index (χ0n) is 14.7. The molecular weight excluding hydrogens is 340 g/mol. The molecule has 1 aliphatic carbocycles. The number of nitrogens with one attached hydrogen (secondary N) is 3. The number of carbonyl (C=O) groups excluding carboxylic acids is 1. The summed E-state index contributed by atoms with van der Waals surface area (Å²) in [5.41, 5.74) is 2.33. The van der Waals surface area contributed by atoms with Crippen LogP contribution in [0.4, 0.5) is 5.82 Å². The molecule has 2 aromatic heterocycles. The van der Waals surface area contributed by atoms with Gasteiger partial charge in [-0.25, -0.2) is 4.98 Å². The van der Waals surface area contributed by atoms with Crippen LogP contribution in [-0.2, 0) is 17.8 Å². The Bertz CT molecular complexity index is 969.